The van der Waals surface area contributed by atoms with Crippen LogP contribution in [0.3, 0.4) is 0 Å². The summed E-state index contributed by atoms with van der Waals surface area (Å²) >= 11 is 1.85. The second-order valence-electron chi connectivity index (χ2n) is 5.04. The van der Waals surface area contributed by atoms with Gasteiger partial charge in [0, 0.05) is 17.5 Å². The van der Waals surface area contributed by atoms with Crippen molar-refractivity contribution in [2.24, 2.45) is 0 Å². The number of rotatable bonds is 5. The highest BCUT2D eigenvalue weighted by Crippen LogP contribution is 2.40. The molecule has 1 aromatic heterocycles. The van der Waals surface area contributed by atoms with E-state index in [9.17, 15) is 0 Å². The van der Waals surface area contributed by atoms with Crippen LogP contribution in [0.4, 0.5) is 0 Å². The van der Waals surface area contributed by atoms with E-state index in [4.69, 9.17) is 0 Å². The lowest BCUT2D eigenvalue weighted by molar-refractivity contribution is 0.538. The Morgan fingerprint density at radius 1 is 1.30 bits per heavy atom. The number of aromatic nitrogens is 2. The van der Waals surface area contributed by atoms with Crippen LogP contribution >= 0.6 is 11.8 Å². The van der Waals surface area contributed by atoms with E-state index in [1.54, 1.807) is 6.33 Å². The molecule has 2 unspecified atom stereocenters. The van der Waals surface area contributed by atoms with Crippen LogP contribution in [-0.4, -0.2) is 21.8 Å². The third kappa shape index (κ3) is 2.86. The molecule has 2 atom stereocenters. The Kier molecular flexibility index (Phi) is 4.33. The fourth-order valence-corrected chi connectivity index (χ4v) is 3.91. The molecule has 1 aliphatic carbocycles. The van der Waals surface area contributed by atoms with Gasteiger partial charge in [-0.25, -0.2) is 9.97 Å². The standard InChI is InChI=1S/C16H19N3S/c1-2-8-18-16-13-6-4-3-5-12(13)10-14(16)20-15-7-9-17-11-19-15/h3-7,9,11,14,16,18H,2,8,10H2,1H3. The molecular weight excluding hydrogens is 266 g/mol. The maximum absolute atomic E-state index is 4.34. The smallest absolute Gasteiger partial charge is 0.116 e. The average molecular weight is 285 g/mol. The Bertz CT molecular complexity index is 559. The zero-order valence-electron chi connectivity index (χ0n) is 11.6. The maximum Gasteiger partial charge on any atom is 0.116 e. The van der Waals surface area contributed by atoms with Gasteiger partial charge in [0.05, 0.1) is 5.03 Å². The first-order valence-electron chi connectivity index (χ1n) is 7.12. The van der Waals surface area contributed by atoms with E-state index in [-0.39, 0.29) is 0 Å². The summed E-state index contributed by atoms with van der Waals surface area (Å²) in [6, 6.07) is 11.2. The molecule has 0 aliphatic heterocycles. The lowest BCUT2D eigenvalue weighted by Crippen LogP contribution is -2.27. The minimum Gasteiger partial charge on any atom is -0.309 e. The number of hydrogen-bond donors (Lipinski definition) is 1. The van der Waals surface area contributed by atoms with Crippen molar-refractivity contribution in [2.45, 2.75) is 36.1 Å². The summed E-state index contributed by atoms with van der Waals surface area (Å²) < 4.78 is 0. The van der Waals surface area contributed by atoms with Crippen LogP contribution in [0.2, 0.25) is 0 Å². The molecule has 2 aromatic rings. The van der Waals surface area contributed by atoms with Gasteiger partial charge in [0.2, 0.25) is 0 Å². The summed E-state index contributed by atoms with van der Waals surface area (Å²) in [4.78, 5) is 8.33. The Hall–Kier alpha value is -1.39. The molecule has 0 spiro atoms. The van der Waals surface area contributed by atoms with Gasteiger partial charge >= 0.3 is 0 Å². The third-order valence-corrected chi connectivity index (χ3v) is 4.85. The molecule has 0 saturated heterocycles. The molecule has 0 radical (unpaired) electrons. The van der Waals surface area contributed by atoms with Gasteiger partial charge in [0.15, 0.2) is 0 Å². The highest BCUT2D eigenvalue weighted by Gasteiger charge is 2.32. The summed E-state index contributed by atoms with van der Waals surface area (Å²) in [5.41, 5.74) is 2.92. The van der Waals surface area contributed by atoms with E-state index >= 15 is 0 Å². The van der Waals surface area contributed by atoms with Crippen molar-refractivity contribution in [1.29, 1.82) is 0 Å². The van der Waals surface area contributed by atoms with Crippen LogP contribution in [0.15, 0.2) is 47.9 Å². The number of thioether (sulfide) groups is 1. The molecule has 0 amide bonds. The second-order valence-corrected chi connectivity index (χ2v) is 6.30. The van der Waals surface area contributed by atoms with Crippen molar-refractivity contribution < 1.29 is 0 Å². The van der Waals surface area contributed by atoms with E-state index in [0.29, 0.717) is 11.3 Å². The molecule has 1 N–H and O–H groups in total. The summed E-state index contributed by atoms with van der Waals surface area (Å²) in [6.45, 7) is 3.26. The van der Waals surface area contributed by atoms with Gasteiger partial charge in [-0.3, -0.25) is 0 Å². The normalized spacial score (nSPS) is 20.9. The fraction of sp³-hybridized carbons (Fsp3) is 0.375. The minimum absolute atomic E-state index is 0.422. The molecule has 1 aromatic carbocycles. The van der Waals surface area contributed by atoms with Crippen LogP contribution in [0.25, 0.3) is 0 Å². The van der Waals surface area contributed by atoms with E-state index < -0.39 is 0 Å². The van der Waals surface area contributed by atoms with E-state index in [1.165, 1.54) is 11.1 Å². The van der Waals surface area contributed by atoms with Crippen molar-refractivity contribution in [3.63, 3.8) is 0 Å². The van der Waals surface area contributed by atoms with Crippen LogP contribution < -0.4 is 5.32 Å². The van der Waals surface area contributed by atoms with Gasteiger partial charge in [0.1, 0.15) is 6.33 Å². The van der Waals surface area contributed by atoms with Gasteiger partial charge in [-0.2, -0.15) is 0 Å². The van der Waals surface area contributed by atoms with Crippen molar-refractivity contribution in [3.05, 3.63) is 54.0 Å². The Labute approximate surface area is 124 Å². The second kappa shape index (κ2) is 6.37. The molecule has 4 heteroatoms. The number of benzene rings is 1. The Balaban J connectivity index is 1.80. The minimum atomic E-state index is 0.422. The number of fused-ring (bicyclic) bond motifs is 1. The summed E-state index contributed by atoms with van der Waals surface area (Å²) in [5, 5.41) is 5.26. The SMILES string of the molecule is CCCNC1c2ccccc2CC1Sc1ccncn1. The van der Waals surface area contributed by atoms with Crippen molar-refractivity contribution in [2.75, 3.05) is 6.54 Å². The number of hydrogen-bond acceptors (Lipinski definition) is 4. The molecule has 104 valence electrons. The van der Waals surface area contributed by atoms with Crippen LogP contribution in [0.1, 0.15) is 30.5 Å². The Morgan fingerprint density at radius 3 is 3.00 bits per heavy atom. The first-order valence-corrected chi connectivity index (χ1v) is 8.00. The summed E-state index contributed by atoms with van der Waals surface area (Å²) in [7, 11) is 0. The number of nitrogens with zero attached hydrogens (tertiary/aromatic N) is 2. The highest BCUT2D eigenvalue weighted by molar-refractivity contribution is 7.99. The predicted octanol–water partition coefficient (Wildman–Crippen LogP) is 3.23. The van der Waals surface area contributed by atoms with Crippen LogP contribution in [0.5, 0.6) is 0 Å². The summed E-state index contributed by atoms with van der Waals surface area (Å²) in [6.07, 6.45) is 5.70. The third-order valence-electron chi connectivity index (χ3n) is 3.62. The molecular formula is C16H19N3S. The molecule has 0 saturated carbocycles. The molecule has 0 bridgehead atoms. The van der Waals surface area contributed by atoms with Crippen LogP contribution in [-0.2, 0) is 6.42 Å². The van der Waals surface area contributed by atoms with Crippen molar-refractivity contribution in [3.8, 4) is 0 Å². The topological polar surface area (TPSA) is 37.8 Å². The maximum atomic E-state index is 4.34. The van der Waals surface area contributed by atoms with Gasteiger partial charge in [-0.1, -0.05) is 31.2 Å². The van der Waals surface area contributed by atoms with E-state index in [0.717, 1.165) is 24.4 Å². The monoisotopic (exact) mass is 285 g/mol. The molecule has 1 aliphatic rings. The highest BCUT2D eigenvalue weighted by atomic mass is 32.2. The quantitative estimate of drug-likeness (QED) is 0.856. The Morgan fingerprint density at radius 2 is 2.20 bits per heavy atom. The lowest BCUT2D eigenvalue weighted by Gasteiger charge is -2.21. The number of nitrogens with one attached hydrogen (secondary N) is 1. The average Bonchev–Trinajstić information content (AvgIpc) is 2.83. The van der Waals surface area contributed by atoms with Crippen LogP contribution in [0, 0.1) is 0 Å². The predicted molar refractivity (Wildman–Crippen MR) is 82.9 cm³/mol. The zero-order chi connectivity index (χ0) is 13.8. The zero-order valence-corrected chi connectivity index (χ0v) is 12.4. The summed E-state index contributed by atoms with van der Waals surface area (Å²) in [5.74, 6) is 0. The molecule has 3 nitrogen and oxygen atoms in total. The molecule has 20 heavy (non-hydrogen) atoms. The first kappa shape index (κ1) is 13.6. The van der Waals surface area contributed by atoms with E-state index in [1.807, 2.05) is 24.0 Å². The van der Waals surface area contributed by atoms with Crippen molar-refractivity contribution >= 4 is 11.8 Å². The largest absolute Gasteiger partial charge is 0.309 e. The van der Waals surface area contributed by atoms with Gasteiger partial charge in [-0.15, -0.1) is 11.8 Å². The van der Waals surface area contributed by atoms with Gasteiger partial charge in [-0.05, 0) is 36.6 Å². The van der Waals surface area contributed by atoms with E-state index in [2.05, 4.69) is 46.5 Å². The lowest BCUT2D eigenvalue weighted by atomic mass is 10.1. The fourth-order valence-electron chi connectivity index (χ4n) is 2.71. The van der Waals surface area contributed by atoms with Gasteiger partial charge in [0.25, 0.3) is 0 Å². The van der Waals surface area contributed by atoms with Gasteiger partial charge < -0.3 is 5.32 Å². The molecule has 3 rings (SSSR count). The first-order chi connectivity index (χ1) is 9.88. The molecule has 1 heterocycles. The molecule has 0 fully saturated rings. The van der Waals surface area contributed by atoms with Crippen molar-refractivity contribution in [1.82, 2.24) is 15.3 Å².